The van der Waals surface area contributed by atoms with Crippen LogP contribution in [0.5, 0.6) is 0 Å². The van der Waals surface area contributed by atoms with Crippen molar-refractivity contribution in [3.05, 3.63) is 12.2 Å². The van der Waals surface area contributed by atoms with E-state index in [1.54, 1.807) is 0 Å². The quantitative estimate of drug-likeness (QED) is 0.381. The Morgan fingerprint density at radius 2 is 2.00 bits per heavy atom. The van der Waals surface area contributed by atoms with Crippen molar-refractivity contribution in [2.75, 3.05) is 0 Å². The van der Waals surface area contributed by atoms with Gasteiger partial charge in [-0.2, -0.15) is 0 Å². The number of allylic oxidation sites excluding steroid dienone is 2. The number of aliphatic hydroxyl groups excluding tert-OH is 1. The number of alkyl halides is 1. The Kier molecular flexibility index (Phi) is 10.3. The first-order chi connectivity index (χ1) is 12.4. The van der Waals surface area contributed by atoms with E-state index in [2.05, 4.69) is 0 Å². The maximum atomic E-state index is 13.8. The van der Waals surface area contributed by atoms with Crippen LogP contribution in [0.15, 0.2) is 12.2 Å². The normalized spacial score (nSPS) is 24.3. The van der Waals surface area contributed by atoms with Crippen molar-refractivity contribution < 1.29 is 29.0 Å². The van der Waals surface area contributed by atoms with Gasteiger partial charge in [0.25, 0.3) is 0 Å². The van der Waals surface area contributed by atoms with E-state index in [-0.39, 0.29) is 43.3 Å². The Morgan fingerprint density at radius 3 is 2.65 bits per heavy atom. The van der Waals surface area contributed by atoms with E-state index in [0.717, 1.165) is 6.42 Å². The number of ketones is 2. The topological polar surface area (TPSA) is 91.7 Å². The zero-order valence-corrected chi connectivity index (χ0v) is 15.5. The predicted molar refractivity (Wildman–Crippen MR) is 96.5 cm³/mol. The SMILES string of the molecule is CCCCC(F)C(=O)CC[C@H]1C(O)CC(=O)C1CC=CCCCC(=O)O. The largest absolute Gasteiger partial charge is 0.481 e. The molecule has 1 fully saturated rings. The van der Waals surface area contributed by atoms with Gasteiger partial charge in [-0.3, -0.25) is 14.4 Å². The third-order valence-corrected chi connectivity index (χ3v) is 5.04. The molecule has 0 radical (unpaired) electrons. The lowest BCUT2D eigenvalue weighted by molar-refractivity contribution is -0.137. The summed E-state index contributed by atoms with van der Waals surface area (Å²) in [5.41, 5.74) is 0. The molecule has 2 N–H and O–H groups in total. The van der Waals surface area contributed by atoms with Crippen LogP contribution in [-0.4, -0.2) is 40.0 Å². The number of carboxylic acids is 1. The predicted octanol–water partition coefficient (Wildman–Crippen LogP) is 3.63. The van der Waals surface area contributed by atoms with Gasteiger partial charge in [-0.15, -0.1) is 0 Å². The third kappa shape index (κ3) is 7.77. The van der Waals surface area contributed by atoms with Gasteiger partial charge in [-0.25, -0.2) is 4.39 Å². The molecule has 0 spiro atoms. The van der Waals surface area contributed by atoms with Crippen molar-refractivity contribution in [3.63, 3.8) is 0 Å². The number of carbonyl (C=O) groups is 3. The van der Waals surface area contributed by atoms with Crippen LogP contribution in [0, 0.1) is 11.8 Å². The highest BCUT2D eigenvalue weighted by Gasteiger charge is 2.40. The number of Topliss-reactive ketones (excluding diaryl/α,β-unsaturated/α-hetero) is 2. The fraction of sp³-hybridized carbons (Fsp3) is 0.750. The third-order valence-electron chi connectivity index (χ3n) is 5.04. The molecule has 0 aliphatic heterocycles. The van der Waals surface area contributed by atoms with Crippen molar-refractivity contribution >= 4 is 17.5 Å². The van der Waals surface area contributed by atoms with Gasteiger partial charge >= 0.3 is 5.97 Å². The van der Waals surface area contributed by atoms with Crippen molar-refractivity contribution in [1.82, 2.24) is 0 Å². The molecule has 0 amide bonds. The molecule has 0 heterocycles. The summed E-state index contributed by atoms with van der Waals surface area (Å²) in [4.78, 5) is 34.4. The van der Waals surface area contributed by atoms with E-state index in [1.165, 1.54) is 0 Å². The smallest absolute Gasteiger partial charge is 0.303 e. The number of hydrogen-bond donors (Lipinski definition) is 2. The van der Waals surface area contributed by atoms with E-state index in [4.69, 9.17) is 5.11 Å². The van der Waals surface area contributed by atoms with Gasteiger partial charge in [0.2, 0.25) is 0 Å². The highest BCUT2D eigenvalue weighted by molar-refractivity contribution is 5.85. The molecule has 148 valence electrons. The fourth-order valence-electron chi connectivity index (χ4n) is 3.46. The van der Waals surface area contributed by atoms with Crippen LogP contribution in [0.25, 0.3) is 0 Å². The van der Waals surface area contributed by atoms with Crippen LogP contribution in [0.4, 0.5) is 4.39 Å². The summed E-state index contributed by atoms with van der Waals surface area (Å²) < 4.78 is 13.8. The second-order valence-corrected chi connectivity index (χ2v) is 7.12. The van der Waals surface area contributed by atoms with Crippen LogP contribution in [0.2, 0.25) is 0 Å². The van der Waals surface area contributed by atoms with Crippen LogP contribution >= 0.6 is 0 Å². The number of carboxylic acid groups (broad SMARTS) is 1. The van der Waals surface area contributed by atoms with E-state index >= 15 is 0 Å². The molecular weight excluding hydrogens is 339 g/mol. The summed E-state index contributed by atoms with van der Waals surface area (Å²) in [5.74, 6) is -1.95. The summed E-state index contributed by atoms with van der Waals surface area (Å²) in [5, 5.41) is 18.7. The standard InChI is InChI=1S/C20H31FO5/c1-2-3-9-16(21)17(22)12-11-15-14(18(23)13-19(15)24)8-6-4-5-7-10-20(25)26/h4,6,14-16,19,24H,2-3,5,7-13H2,1H3,(H,25,26)/t14?,15-,16?,19?/m1/s1. The van der Waals surface area contributed by atoms with Crippen molar-refractivity contribution in [2.24, 2.45) is 11.8 Å². The van der Waals surface area contributed by atoms with Crippen LogP contribution in [0.1, 0.15) is 71.1 Å². The van der Waals surface area contributed by atoms with Gasteiger partial charge in [-0.1, -0.05) is 31.9 Å². The number of aliphatic carboxylic acids is 1. The monoisotopic (exact) mass is 370 g/mol. The second-order valence-electron chi connectivity index (χ2n) is 7.12. The minimum Gasteiger partial charge on any atom is -0.481 e. The Morgan fingerprint density at radius 1 is 1.27 bits per heavy atom. The number of unbranched alkanes of at least 4 members (excludes halogenated alkanes) is 2. The zero-order chi connectivity index (χ0) is 19.5. The Bertz CT molecular complexity index is 502. The molecule has 0 aromatic carbocycles. The second kappa shape index (κ2) is 11.9. The molecule has 0 aromatic heterocycles. The molecule has 1 aliphatic carbocycles. The Labute approximate surface area is 154 Å². The minimum atomic E-state index is -1.45. The van der Waals surface area contributed by atoms with E-state index in [0.29, 0.717) is 32.1 Å². The molecule has 1 saturated carbocycles. The molecule has 5 nitrogen and oxygen atoms in total. The van der Waals surface area contributed by atoms with Gasteiger partial charge < -0.3 is 10.2 Å². The summed E-state index contributed by atoms with van der Waals surface area (Å²) >= 11 is 0. The van der Waals surface area contributed by atoms with Crippen LogP contribution in [-0.2, 0) is 14.4 Å². The van der Waals surface area contributed by atoms with E-state index in [9.17, 15) is 23.9 Å². The van der Waals surface area contributed by atoms with Gasteiger partial charge in [0.15, 0.2) is 12.0 Å². The summed E-state index contributed by atoms with van der Waals surface area (Å²) in [6.45, 7) is 1.94. The van der Waals surface area contributed by atoms with Gasteiger partial charge in [0, 0.05) is 25.2 Å². The van der Waals surface area contributed by atoms with Crippen LogP contribution < -0.4 is 0 Å². The molecular formula is C20H31FO5. The molecule has 0 aromatic rings. The number of carbonyl (C=O) groups excluding carboxylic acids is 2. The minimum absolute atomic E-state index is 0.0204. The summed E-state index contributed by atoms with van der Waals surface area (Å²) in [6.07, 6.45) is 5.45. The van der Waals surface area contributed by atoms with E-state index < -0.39 is 24.0 Å². The van der Waals surface area contributed by atoms with Crippen LogP contribution in [0.3, 0.4) is 0 Å². The first-order valence-corrected chi connectivity index (χ1v) is 9.61. The number of halogens is 1. The first kappa shape index (κ1) is 22.5. The number of rotatable bonds is 13. The summed E-state index contributed by atoms with van der Waals surface area (Å²) in [6, 6.07) is 0. The molecule has 1 aliphatic rings. The molecule has 1 rings (SSSR count). The molecule has 4 atom stereocenters. The zero-order valence-electron chi connectivity index (χ0n) is 15.5. The Hall–Kier alpha value is -1.56. The maximum Gasteiger partial charge on any atom is 0.303 e. The molecule has 0 saturated heterocycles. The number of hydrogen-bond acceptors (Lipinski definition) is 4. The van der Waals surface area contributed by atoms with Crippen molar-refractivity contribution in [3.8, 4) is 0 Å². The highest BCUT2D eigenvalue weighted by Crippen LogP contribution is 2.35. The van der Waals surface area contributed by atoms with Crippen molar-refractivity contribution in [1.29, 1.82) is 0 Å². The average molecular weight is 370 g/mol. The maximum absolute atomic E-state index is 13.8. The summed E-state index contributed by atoms with van der Waals surface area (Å²) in [7, 11) is 0. The highest BCUT2D eigenvalue weighted by atomic mass is 19.1. The van der Waals surface area contributed by atoms with Gasteiger partial charge in [0.1, 0.15) is 5.78 Å². The number of aliphatic hydroxyl groups is 1. The van der Waals surface area contributed by atoms with Crippen molar-refractivity contribution in [2.45, 2.75) is 83.4 Å². The average Bonchev–Trinajstić information content (AvgIpc) is 2.86. The van der Waals surface area contributed by atoms with E-state index in [1.807, 2.05) is 19.1 Å². The van der Waals surface area contributed by atoms with Gasteiger partial charge in [0.05, 0.1) is 6.10 Å². The lowest BCUT2D eigenvalue weighted by Crippen LogP contribution is -2.23. The lowest BCUT2D eigenvalue weighted by Gasteiger charge is -2.20. The molecule has 0 bridgehead atoms. The molecule has 6 heteroatoms. The lowest BCUT2D eigenvalue weighted by atomic mass is 9.86. The Balaban J connectivity index is 2.46. The molecule has 26 heavy (non-hydrogen) atoms. The van der Waals surface area contributed by atoms with Gasteiger partial charge in [-0.05, 0) is 38.0 Å². The fourth-order valence-corrected chi connectivity index (χ4v) is 3.46. The first-order valence-electron chi connectivity index (χ1n) is 9.61. The molecule has 3 unspecified atom stereocenters.